The highest BCUT2D eigenvalue weighted by Crippen LogP contribution is 2.59. The van der Waals surface area contributed by atoms with E-state index in [-0.39, 0.29) is 0 Å². The third-order valence-corrected chi connectivity index (χ3v) is 5.70. The third kappa shape index (κ3) is 1.45. The van der Waals surface area contributed by atoms with Crippen LogP contribution in [0.3, 0.4) is 0 Å². The second kappa shape index (κ2) is 3.52. The van der Waals surface area contributed by atoms with E-state index in [4.69, 9.17) is 5.26 Å². The molecule has 0 aliphatic heterocycles. The summed E-state index contributed by atoms with van der Waals surface area (Å²) in [5.74, 6) is 5.16. The Morgan fingerprint density at radius 2 is 1.71 bits per heavy atom. The van der Waals surface area contributed by atoms with E-state index in [2.05, 4.69) is 15.4 Å². The van der Waals surface area contributed by atoms with Crippen LogP contribution < -0.4 is 0 Å². The zero-order valence-electron chi connectivity index (χ0n) is 9.67. The number of nitrogens with zero attached hydrogens (tertiary/aromatic N) is 3. The number of rotatable bonds is 1. The summed E-state index contributed by atoms with van der Waals surface area (Å²) >= 11 is 1.27. The minimum absolute atomic E-state index is 0.536. The summed E-state index contributed by atoms with van der Waals surface area (Å²) in [6.07, 6.45) is 7.03. The van der Waals surface area contributed by atoms with Crippen LogP contribution in [0.25, 0.3) is 0 Å². The van der Waals surface area contributed by atoms with Crippen LogP contribution in [-0.4, -0.2) is 9.36 Å². The van der Waals surface area contributed by atoms with Gasteiger partial charge in [-0.2, -0.15) is 9.64 Å². The highest BCUT2D eigenvalue weighted by molar-refractivity contribution is 7.06. The molecule has 3 nitrogen and oxygen atoms in total. The number of hydrogen-bond acceptors (Lipinski definition) is 4. The van der Waals surface area contributed by atoms with Crippen molar-refractivity contribution in [2.24, 2.45) is 23.7 Å². The molecule has 0 saturated heterocycles. The van der Waals surface area contributed by atoms with E-state index in [9.17, 15) is 0 Å². The second-order valence-electron chi connectivity index (χ2n) is 6.03. The molecule has 4 aliphatic rings. The summed E-state index contributed by atoms with van der Waals surface area (Å²) in [6.45, 7) is 0. The van der Waals surface area contributed by atoms with Gasteiger partial charge < -0.3 is 0 Å². The lowest BCUT2D eigenvalue weighted by atomic mass is 9.52. The molecule has 1 aromatic rings. The van der Waals surface area contributed by atoms with Gasteiger partial charge in [0.1, 0.15) is 11.9 Å². The maximum Gasteiger partial charge on any atom is 0.214 e. The Morgan fingerprint density at radius 1 is 1.06 bits per heavy atom. The van der Waals surface area contributed by atoms with Crippen molar-refractivity contribution in [3.05, 3.63) is 10.8 Å². The summed E-state index contributed by atoms with van der Waals surface area (Å²) < 4.78 is 4.44. The highest BCUT2D eigenvalue weighted by Gasteiger charge is 2.49. The van der Waals surface area contributed by atoms with Gasteiger partial charge in [-0.05, 0) is 67.3 Å². The lowest BCUT2D eigenvalue weighted by Crippen LogP contribution is -2.44. The summed E-state index contributed by atoms with van der Waals surface area (Å²) in [5.41, 5.74) is 0. The van der Waals surface area contributed by atoms with Gasteiger partial charge in [0, 0.05) is 5.92 Å². The molecule has 0 amide bonds. The Balaban J connectivity index is 1.68. The predicted octanol–water partition coefficient (Wildman–Crippen LogP) is 2.95. The molecule has 0 aromatic carbocycles. The lowest BCUT2D eigenvalue weighted by molar-refractivity contribution is -0.00527. The van der Waals surface area contributed by atoms with Crippen LogP contribution in [0.4, 0.5) is 0 Å². The zero-order valence-corrected chi connectivity index (χ0v) is 10.5. The zero-order chi connectivity index (χ0) is 11.4. The van der Waals surface area contributed by atoms with Crippen molar-refractivity contribution in [3.8, 4) is 6.07 Å². The molecule has 4 aliphatic carbocycles. The largest absolute Gasteiger partial charge is 0.214 e. The molecule has 0 atom stereocenters. The second-order valence-corrected chi connectivity index (χ2v) is 6.78. The first kappa shape index (κ1) is 10.0. The van der Waals surface area contributed by atoms with Gasteiger partial charge in [0.2, 0.25) is 5.01 Å². The van der Waals surface area contributed by atoms with E-state index >= 15 is 0 Å². The van der Waals surface area contributed by atoms with Gasteiger partial charge in [-0.15, -0.1) is 0 Å². The smallest absolute Gasteiger partial charge is 0.209 e. The van der Waals surface area contributed by atoms with Gasteiger partial charge in [0.05, 0.1) is 0 Å². The summed E-state index contributed by atoms with van der Waals surface area (Å²) in [4.78, 5) is 4.42. The van der Waals surface area contributed by atoms with Gasteiger partial charge in [-0.1, -0.05) is 0 Å². The minimum atomic E-state index is 0.536. The molecule has 88 valence electrons. The average molecular weight is 245 g/mol. The van der Waals surface area contributed by atoms with Gasteiger partial charge in [-0.3, -0.25) is 0 Å². The Hall–Kier alpha value is -0.950. The topological polar surface area (TPSA) is 49.6 Å². The molecule has 4 bridgehead atoms. The van der Waals surface area contributed by atoms with Crippen molar-refractivity contribution in [1.82, 2.24) is 9.36 Å². The van der Waals surface area contributed by atoms with Crippen LogP contribution in [0.15, 0.2) is 0 Å². The average Bonchev–Trinajstić information content (AvgIpc) is 2.76. The predicted molar refractivity (Wildman–Crippen MR) is 64.4 cm³/mol. The molecule has 4 heteroatoms. The van der Waals surface area contributed by atoms with Crippen molar-refractivity contribution in [1.29, 1.82) is 5.26 Å². The molecule has 17 heavy (non-hydrogen) atoms. The first-order chi connectivity index (χ1) is 8.33. The number of aromatic nitrogens is 2. The molecular weight excluding hydrogens is 230 g/mol. The Kier molecular flexibility index (Phi) is 2.07. The Labute approximate surface area is 105 Å². The number of nitriles is 1. The monoisotopic (exact) mass is 245 g/mol. The van der Waals surface area contributed by atoms with Crippen LogP contribution in [0.1, 0.15) is 48.9 Å². The van der Waals surface area contributed by atoms with Gasteiger partial charge in [0.25, 0.3) is 0 Å². The van der Waals surface area contributed by atoms with E-state index in [0.29, 0.717) is 10.9 Å². The van der Waals surface area contributed by atoms with E-state index in [0.717, 1.165) is 29.5 Å². The molecule has 0 N–H and O–H groups in total. The third-order valence-electron chi connectivity index (χ3n) is 5.06. The molecular formula is C13H15N3S. The first-order valence-corrected chi connectivity index (χ1v) is 7.34. The van der Waals surface area contributed by atoms with Crippen molar-refractivity contribution in [3.63, 3.8) is 0 Å². The van der Waals surface area contributed by atoms with Gasteiger partial charge in [0.15, 0.2) is 0 Å². The van der Waals surface area contributed by atoms with Crippen molar-refractivity contribution >= 4 is 11.5 Å². The van der Waals surface area contributed by atoms with Gasteiger partial charge >= 0.3 is 0 Å². The van der Waals surface area contributed by atoms with Gasteiger partial charge in [-0.25, -0.2) is 4.98 Å². The first-order valence-electron chi connectivity index (χ1n) is 6.57. The van der Waals surface area contributed by atoms with E-state index in [1.807, 2.05) is 0 Å². The normalized spacial score (nSPS) is 42.6. The molecule has 5 rings (SSSR count). The molecule has 4 fully saturated rings. The van der Waals surface area contributed by atoms with Crippen molar-refractivity contribution in [2.45, 2.75) is 38.0 Å². The minimum Gasteiger partial charge on any atom is -0.209 e. The van der Waals surface area contributed by atoms with Crippen LogP contribution >= 0.6 is 11.5 Å². The maximum absolute atomic E-state index is 8.86. The van der Waals surface area contributed by atoms with E-state index < -0.39 is 0 Å². The fourth-order valence-electron chi connectivity index (χ4n) is 4.76. The highest BCUT2D eigenvalue weighted by atomic mass is 32.1. The SMILES string of the molecule is N#Cc1nc(C2C3CC4CC(C3)CC2C4)ns1. The summed E-state index contributed by atoms with van der Waals surface area (Å²) in [7, 11) is 0. The van der Waals surface area contributed by atoms with Crippen LogP contribution in [0.2, 0.25) is 0 Å². The maximum atomic E-state index is 8.86. The van der Waals surface area contributed by atoms with Crippen molar-refractivity contribution < 1.29 is 0 Å². The number of hydrogen-bond donors (Lipinski definition) is 0. The molecule has 4 saturated carbocycles. The summed E-state index contributed by atoms with van der Waals surface area (Å²) in [5, 5.41) is 9.40. The van der Waals surface area contributed by atoms with E-state index in [1.165, 1.54) is 43.6 Å². The standard InChI is InChI=1S/C13H15N3S/c14-6-11-15-13(16-17-11)12-9-2-7-1-8(4-9)5-10(12)3-7/h7-10,12H,1-5H2. The van der Waals surface area contributed by atoms with Crippen LogP contribution in [0.5, 0.6) is 0 Å². The van der Waals surface area contributed by atoms with Crippen LogP contribution in [-0.2, 0) is 0 Å². The lowest BCUT2D eigenvalue weighted by Gasteiger charge is -2.53. The fraction of sp³-hybridized carbons (Fsp3) is 0.769. The molecule has 0 spiro atoms. The fourth-order valence-corrected chi connectivity index (χ4v) is 5.28. The molecule has 1 aromatic heterocycles. The summed E-state index contributed by atoms with van der Waals surface area (Å²) in [6, 6.07) is 2.11. The Morgan fingerprint density at radius 3 is 2.24 bits per heavy atom. The Bertz CT molecular complexity index is 459. The molecule has 1 heterocycles. The quantitative estimate of drug-likeness (QED) is 0.764. The molecule has 0 radical (unpaired) electrons. The van der Waals surface area contributed by atoms with E-state index in [1.54, 1.807) is 0 Å². The molecule has 0 unspecified atom stereocenters. The van der Waals surface area contributed by atoms with Crippen LogP contribution in [0, 0.1) is 35.0 Å². The van der Waals surface area contributed by atoms with Crippen molar-refractivity contribution in [2.75, 3.05) is 0 Å².